The Hall–Kier alpha value is -1.54. The van der Waals surface area contributed by atoms with Crippen molar-refractivity contribution in [1.82, 2.24) is 0 Å². The average molecular weight is 664 g/mol. The second-order valence-corrected chi connectivity index (χ2v) is 13.1. The van der Waals surface area contributed by atoms with Crippen LogP contribution in [0.2, 0.25) is 0 Å². The second kappa shape index (κ2) is 25.0. The van der Waals surface area contributed by atoms with Crippen LogP contribution in [0.3, 0.4) is 0 Å². The molecule has 0 radical (unpaired) electrons. The molecule has 0 aromatic heterocycles. The van der Waals surface area contributed by atoms with Crippen molar-refractivity contribution < 1.29 is 26.2 Å². The largest absolute Gasteiger partial charge is 4.00 e. The third-order valence-electron chi connectivity index (χ3n) is 4.70. The summed E-state index contributed by atoms with van der Waals surface area (Å²) in [6.45, 7) is 8.56. The number of benzene rings is 4. The smallest absolute Gasteiger partial charge is 0.668 e. The van der Waals surface area contributed by atoms with Gasteiger partial charge in [0, 0.05) is 0 Å². The van der Waals surface area contributed by atoms with Gasteiger partial charge in [0.2, 0.25) is 0 Å². The van der Waals surface area contributed by atoms with Crippen LogP contribution in [-0.4, -0.2) is 40.3 Å². The van der Waals surface area contributed by atoms with Crippen LogP contribution in [-0.2, 0) is 26.2 Å². The second-order valence-electron chi connectivity index (χ2n) is 9.28. The Kier molecular flexibility index (Phi) is 24.1. The summed E-state index contributed by atoms with van der Waals surface area (Å²) in [6.07, 6.45) is 0. The van der Waals surface area contributed by atoms with Gasteiger partial charge < -0.3 is 20.8 Å². The summed E-state index contributed by atoms with van der Waals surface area (Å²) < 4.78 is 0. The van der Waals surface area contributed by atoms with Crippen LogP contribution in [0, 0.1) is 0 Å². The van der Waals surface area contributed by atoms with Crippen LogP contribution in [0.15, 0.2) is 121 Å². The first-order valence-electron chi connectivity index (χ1n) is 13.6. The van der Waals surface area contributed by atoms with Gasteiger partial charge in [0.1, 0.15) is 0 Å². The summed E-state index contributed by atoms with van der Waals surface area (Å²) in [6, 6.07) is 43.0. The normalized spacial score (nSPS) is 10.0. The van der Waals surface area contributed by atoms with Crippen LogP contribution in [0.1, 0.15) is 27.7 Å². The van der Waals surface area contributed by atoms with E-state index in [-0.39, 0.29) is 26.2 Å². The molecule has 216 valence electrons. The van der Waals surface area contributed by atoms with Crippen LogP contribution in [0.4, 0.5) is 0 Å². The molecule has 0 aliphatic heterocycles. The summed E-state index contributed by atoms with van der Waals surface area (Å²) in [4.78, 5) is 0. The van der Waals surface area contributed by atoms with Gasteiger partial charge in [-0.1, -0.05) is 149 Å². The maximum atomic E-state index is 4.88. The summed E-state index contributed by atoms with van der Waals surface area (Å²) in [5.74, 6) is 0. The Morgan fingerprint density at radius 1 is 0.390 bits per heavy atom. The molecule has 0 saturated heterocycles. The fraction of sp³-hybridized carbons (Fsp3) is 0.294. The molecule has 0 fully saturated rings. The molecule has 4 nitrogen and oxygen atoms in total. The van der Waals surface area contributed by atoms with Crippen molar-refractivity contribution in [3.8, 4) is 0 Å². The van der Waals surface area contributed by atoms with E-state index < -0.39 is 16.1 Å². The molecule has 4 aromatic rings. The van der Waals surface area contributed by atoms with Crippen molar-refractivity contribution in [1.29, 1.82) is 0 Å². The molecule has 0 spiro atoms. The first-order valence-corrected chi connectivity index (χ1v) is 16.1. The predicted octanol–water partition coefficient (Wildman–Crippen LogP) is 8.87. The Balaban J connectivity index is 0.000000642. The Labute approximate surface area is 272 Å². The number of nitrogens with zero attached hydrogens (tertiary/aromatic N) is 4. The van der Waals surface area contributed by atoms with E-state index >= 15 is 0 Å². The van der Waals surface area contributed by atoms with Gasteiger partial charge in [-0.25, -0.2) is 0 Å². The fourth-order valence-corrected chi connectivity index (χ4v) is 7.18. The van der Waals surface area contributed by atoms with Gasteiger partial charge in [0.05, 0.1) is 0 Å². The molecule has 0 heterocycles. The zero-order chi connectivity index (χ0) is 29.6. The molecule has 0 N–H and O–H groups in total. The van der Waals surface area contributed by atoms with Gasteiger partial charge in [0.15, 0.2) is 0 Å². The van der Waals surface area contributed by atoms with Gasteiger partial charge in [-0.3, -0.25) is 0 Å². The van der Waals surface area contributed by atoms with Crippen LogP contribution in [0.25, 0.3) is 20.8 Å². The van der Waals surface area contributed by atoms with Crippen molar-refractivity contribution in [3.05, 3.63) is 142 Å². The summed E-state index contributed by atoms with van der Waals surface area (Å²) in [5, 5.41) is 22.1. The Bertz CT molecular complexity index is 933. The van der Waals surface area contributed by atoms with E-state index in [4.69, 9.17) is 10.2 Å². The molecular formula is C34H46N4P2Zr. The van der Waals surface area contributed by atoms with Crippen molar-refractivity contribution >= 4 is 37.4 Å². The molecule has 0 atom stereocenters. The van der Waals surface area contributed by atoms with Crippen molar-refractivity contribution in [3.63, 3.8) is 0 Å². The molecule has 0 unspecified atom stereocenters. The quantitative estimate of drug-likeness (QED) is 0.169. The van der Waals surface area contributed by atoms with Crippen molar-refractivity contribution in [2.24, 2.45) is 0 Å². The summed E-state index contributed by atoms with van der Waals surface area (Å²) in [5.41, 5.74) is 0. The topological polar surface area (TPSA) is 56.4 Å². The van der Waals surface area contributed by atoms with E-state index in [1.165, 1.54) is 21.2 Å². The number of hydrogen-bond acceptors (Lipinski definition) is 0. The minimum absolute atomic E-state index is 0. The maximum Gasteiger partial charge on any atom is 4.00 e. The van der Waals surface area contributed by atoms with Gasteiger partial charge >= 0.3 is 26.2 Å². The molecule has 0 aliphatic carbocycles. The Morgan fingerprint density at radius 3 is 0.707 bits per heavy atom. The van der Waals surface area contributed by atoms with E-state index in [1.54, 1.807) is 28.2 Å². The van der Waals surface area contributed by atoms with Crippen molar-refractivity contribution in [2.75, 3.05) is 28.2 Å². The Morgan fingerprint density at radius 2 is 0.561 bits per heavy atom. The van der Waals surface area contributed by atoms with E-state index in [2.05, 4.69) is 160 Å². The van der Waals surface area contributed by atoms with Gasteiger partial charge in [-0.2, -0.15) is 44.3 Å². The third kappa shape index (κ3) is 17.2. The zero-order valence-electron chi connectivity index (χ0n) is 25.9. The van der Waals surface area contributed by atoms with Gasteiger partial charge in [-0.15, -0.1) is 12.1 Å². The standard InChI is InChI=1S/2C15H17NP.2C2H6N.Zr/c2*1-13(2)16-17(14-9-5-3-6-10-14)15-11-7-4-8-12-15;2*1-3-2;/h2*3-13H,1-2H3;2*1-2H3;/q4*-1;+4. The molecule has 0 saturated carbocycles. The van der Waals surface area contributed by atoms with E-state index in [9.17, 15) is 0 Å². The zero-order valence-corrected chi connectivity index (χ0v) is 30.1. The van der Waals surface area contributed by atoms with E-state index in [0.29, 0.717) is 12.1 Å². The monoisotopic (exact) mass is 662 g/mol. The van der Waals surface area contributed by atoms with Crippen LogP contribution in [0.5, 0.6) is 0 Å². The molecule has 0 aliphatic rings. The van der Waals surface area contributed by atoms with E-state index in [1.807, 2.05) is 0 Å². The molecule has 4 aromatic carbocycles. The van der Waals surface area contributed by atoms with Crippen molar-refractivity contribution in [2.45, 2.75) is 39.8 Å². The van der Waals surface area contributed by atoms with Crippen LogP contribution < -0.4 is 21.2 Å². The number of hydrogen-bond donors (Lipinski definition) is 0. The van der Waals surface area contributed by atoms with E-state index in [0.717, 1.165) is 0 Å². The minimum atomic E-state index is -0.565. The summed E-state index contributed by atoms with van der Waals surface area (Å²) in [7, 11) is 5.87. The molecule has 0 amide bonds. The fourth-order valence-electron chi connectivity index (χ4n) is 3.30. The molecule has 0 bridgehead atoms. The first kappa shape index (κ1) is 39.5. The average Bonchev–Trinajstić information content (AvgIpc) is 2.97. The molecular weight excluding hydrogens is 618 g/mol. The minimum Gasteiger partial charge on any atom is -0.668 e. The first-order chi connectivity index (χ1) is 19.4. The third-order valence-corrected chi connectivity index (χ3v) is 9.23. The summed E-state index contributed by atoms with van der Waals surface area (Å²) >= 11 is 0. The maximum absolute atomic E-state index is 4.88. The van der Waals surface area contributed by atoms with Gasteiger partial charge in [-0.05, 0) is 21.2 Å². The SMILES string of the molecule is CC(C)[N-]P(c1ccccc1)c1ccccc1.CC(C)[N-]P(c1ccccc1)c1ccccc1.C[N-]C.C[N-]C.[Zr+4]. The predicted molar refractivity (Wildman–Crippen MR) is 186 cm³/mol. The number of rotatable bonds is 8. The molecule has 4 rings (SSSR count). The molecule has 7 heteroatoms. The molecule has 41 heavy (non-hydrogen) atoms. The van der Waals surface area contributed by atoms with Crippen LogP contribution >= 0.6 is 16.1 Å². The van der Waals surface area contributed by atoms with Gasteiger partial charge in [0.25, 0.3) is 0 Å².